The molecule has 0 aliphatic heterocycles. The molecule has 1 aromatic carbocycles. The van der Waals surface area contributed by atoms with Gasteiger partial charge in [-0.1, -0.05) is 11.6 Å². The van der Waals surface area contributed by atoms with Crippen molar-refractivity contribution in [2.24, 2.45) is 5.73 Å². The number of anilines is 1. The van der Waals surface area contributed by atoms with E-state index < -0.39 is 11.7 Å². The summed E-state index contributed by atoms with van der Waals surface area (Å²) < 4.78 is 14.0. The van der Waals surface area contributed by atoms with Crippen molar-refractivity contribution >= 4 is 34.5 Å². The van der Waals surface area contributed by atoms with Gasteiger partial charge in [0.25, 0.3) is 5.91 Å². The first-order valence-corrected chi connectivity index (χ1v) is 6.78. The SMILES string of the molecule is CC(Nc1ccc(F)c(C(N)=O)c1)c1ccc(Cl)s1. The molecule has 0 aliphatic carbocycles. The number of amides is 1. The van der Waals surface area contributed by atoms with Gasteiger partial charge in [-0.05, 0) is 37.3 Å². The van der Waals surface area contributed by atoms with Crippen LogP contribution in [0.25, 0.3) is 0 Å². The number of hydrogen-bond donors (Lipinski definition) is 2. The van der Waals surface area contributed by atoms with Crippen molar-refractivity contribution in [3.05, 3.63) is 50.9 Å². The first-order chi connectivity index (χ1) is 8.97. The van der Waals surface area contributed by atoms with Gasteiger partial charge in [0.1, 0.15) is 5.82 Å². The Bertz CT molecular complexity index is 614. The van der Waals surface area contributed by atoms with E-state index in [1.54, 1.807) is 6.07 Å². The van der Waals surface area contributed by atoms with Crippen LogP contribution in [0, 0.1) is 5.82 Å². The molecule has 100 valence electrons. The minimum absolute atomic E-state index is 0.00341. The maximum absolute atomic E-state index is 13.3. The van der Waals surface area contributed by atoms with Gasteiger partial charge in [0.05, 0.1) is 15.9 Å². The molecule has 1 aromatic heterocycles. The highest BCUT2D eigenvalue weighted by Crippen LogP contribution is 2.29. The van der Waals surface area contributed by atoms with Gasteiger partial charge in [-0.25, -0.2) is 4.39 Å². The number of carbonyl (C=O) groups is 1. The number of thiophene rings is 1. The number of nitrogens with one attached hydrogen (secondary N) is 1. The normalized spacial score (nSPS) is 12.2. The third-order valence-corrected chi connectivity index (χ3v) is 4.05. The van der Waals surface area contributed by atoms with E-state index in [1.807, 2.05) is 19.1 Å². The van der Waals surface area contributed by atoms with Crippen LogP contribution in [0.5, 0.6) is 0 Å². The summed E-state index contributed by atoms with van der Waals surface area (Å²) in [5, 5.41) is 3.17. The van der Waals surface area contributed by atoms with Gasteiger partial charge in [-0.2, -0.15) is 0 Å². The summed E-state index contributed by atoms with van der Waals surface area (Å²) in [6, 6.07) is 7.93. The third-order valence-electron chi connectivity index (χ3n) is 2.64. The topological polar surface area (TPSA) is 55.1 Å². The number of primary amides is 1. The highest BCUT2D eigenvalue weighted by atomic mass is 35.5. The van der Waals surface area contributed by atoms with Crippen LogP contribution in [0.4, 0.5) is 10.1 Å². The fourth-order valence-electron chi connectivity index (χ4n) is 1.69. The Kier molecular flexibility index (Phi) is 4.07. The van der Waals surface area contributed by atoms with Crippen molar-refractivity contribution in [3.63, 3.8) is 0 Å². The second-order valence-corrected chi connectivity index (χ2v) is 5.81. The van der Waals surface area contributed by atoms with Crippen LogP contribution in [0.1, 0.15) is 28.2 Å². The number of carbonyl (C=O) groups excluding carboxylic acids is 1. The Morgan fingerprint density at radius 1 is 1.42 bits per heavy atom. The molecular weight excluding hydrogens is 287 g/mol. The average molecular weight is 299 g/mol. The molecule has 1 heterocycles. The van der Waals surface area contributed by atoms with Crippen molar-refractivity contribution in [3.8, 4) is 0 Å². The molecule has 2 aromatic rings. The fourth-order valence-corrected chi connectivity index (χ4v) is 2.75. The number of halogens is 2. The molecule has 19 heavy (non-hydrogen) atoms. The number of hydrogen-bond acceptors (Lipinski definition) is 3. The second kappa shape index (κ2) is 5.59. The quantitative estimate of drug-likeness (QED) is 0.901. The summed E-state index contributed by atoms with van der Waals surface area (Å²) in [6.45, 7) is 1.95. The van der Waals surface area contributed by atoms with Crippen LogP contribution in [0.15, 0.2) is 30.3 Å². The lowest BCUT2D eigenvalue weighted by Gasteiger charge is -2.14. The molecule has 0 aliphatic rings. The van der Waals surface area contributed by atoms with E-state index in [0.29, 0.717) is 10.0 Å². The standard InChI is InChI=1S/C13H12ClFN2OS/c1-7(11-4-5-12(14)19-11)17-8-2-3-10(15)9(6-8)13(16)18/h2-7,17H,1H3,(H2,16,18). The lowest BCUT2D eigenvalue weighted by molar-refractivity contribution is 0.0996. The molecule has 6 heteroatoms. The van der Waals surface area contributed by atoms with Crippen LogP contribution in [0.3, 0.4) is 0 Å². The van der Waals surface area contributed by atoms with Gasteiger partial charge in [0.2, 0.25) is 0 Å². The maximum Gasteiger partial charge on any atom is 0.251 e. The Hall–Kier alpha value is -1.59. The average Bonchev–Trinajstić information content (AvgIpc) is 2.78. The minimum atomic E-state index is -0.784. The zero-order valence-electron chi connectivity index (χ0n) is 10.1. The van der Waals surface area contributed by atoms with E-state index in [1.165, 1.54) is 23.5 Å². The molecule has 0 spiro atoms. The van der Waals surface area contributed by atoms with Crippen LogP contribution >= 0.6 is 22.9 Å². The summed E-state index contributed by atoms with van der Waals surface area (Å²) in [5.74, 6) is -1.40. The number of nitrogens with two attached hydrogens (primary N) is 1. The highest BCUT2D eigenvalue weighted by Gasteiger charge is 2.12. The molecule has 0 fully saturated rings. The van der Waals surface area contributed by atoms with Gasteiger partial charge in [0.15, 0.2) is 0 Å². The molecular formula is C13H12ClFN2OS. The Balaban J connectivity index is 2.19. The highest BCUT2D eigenvalue weighted by molar-refractivity contribution is 7.16. The molecule has 3 N–H and O–H groups in total. The summed E-state index contributed by atoms with van der Waals surface area (Å²) >= 11 is 7.34. The monoisotopic (exact) mass is 298 g/mol. The van der Waals surface area contributed by atoms with Crippen molar-refractivity contribution < 1.29 is 9.18 Å². The van der Waals surface area contributed by atoms with Gasteiger partial charge in [0, 0.05) is 10.6 Å². The molecule has 1 amide bonds. The van der Waals surface area contributed by atoms with Gasteiger partial charge >= 0.3 is 0 Å². The number of rotatable bonds is 4. The first kappa shape index (κ1) is 13.8. The van der Waals surface area contributed by atoms with Crippen molar-refractivity contribution in [1.29, 1.82) is 0 Å². The fraction of sp³-hybridized carbons (Fsp3) is 0.154. The predicted octanol–water partition coefficient (Wildman–Crippen LogP) is 3.81. The smallest absolute Gasteiger partial charge is 0.251 e. The minimum Gasteiger partial charge on any atom is -0.378 e. The van der Waals surface area contributed by atoms with Crippen LogP contribution in [-0.4, -0.2) is 5.91 Å². The summed E-state index contributed by atoms with van der Waals surface area (Å²) in [4.78, 5) is 12.1. The summed E-state index contributed by atoms with van der Waals surface area (Å²) in [6.07, 6.45) is 0. The largest absolute Gasteiger partial charge is 0.378 e. The van der Waals surface area contributed by atoms with E-state index >= 15 is 0 Å². The lowest BCUT2D eigenvalue weighted by atomic mass is 10.1. The van der Waals surface area contributed by atoms with Crippen molar-refractivity contribution in [2.45, 2.75) is 13.0 Å². The molecule has 0 saturated carbocycles. The van der Waals surface area contributed by atoms with E-state index in [4.69, 9.17) is 17.3 Å². The van der Waals surface area contributed by atoms with Crippen molar-refractivity contribution in [1.82, 2.24) is 0 Å². The second-order valence-electron chi connectivity index (χ2n) is 4.07. The number of benzene rings is 1. The first-order valence-electron chi connectivity index (χ1n) is 5.58. The van der Waals surface area contributed by atoms with Crippen molar-refractivity contribution in [2.75, 3.05) is 5.32 Å². The van der Waals surface area contributed by atoms with Gasteiger partial charge < -0.3 is 11.1 Å². The molecule has 1 atom stereocenters. The van der Waals surface area contributed by atoms with E-state index in [0.717, 1.165) is 4.88 Å². The molecule has 3 nitrogen and oxygen atoms in total. The van der Waals surface area contributed by atoms with Gasteiger partial charge in [-0.15, -0.1) is 11.3 Å². The Labute approximate surface area is 119 Å². The molecule has 0 bridgehead atoms. The third kappa shape index (κ3) is 3.24. The van der Waals surface area contributed by atoms with E-state index in [2.05, 4.69) is 5.32 Å². The summed E-state index contributed by atoms with van der Waals surface area (Å²) in [5.41, 5.74) is 5.61. The Morgan fingerprint density at radius 3 is 2.74 bits per heavy atom. The van der Waals surface area contributed by atoms with Gasteiger partial charge in [-0.3, -0.25) is 4.79 Å². The van der Waals surface area contributed by atoms with E-state index in [9.17, 15) is 9.18 Å². The zero-order chi connectivity index (χ0) is 14.0. The zero-order valence-corrected chi connectivity index (χ0v) is 11.7. The van der Waals surface area contributed by atoms with Crippen LogP contribution < -0.4 is 11.1 Å². The van der Waals surface area contributed by atoms with E-state index in [-0.39, 0.29) is 11.6 Å². The molecule has 0 saturated heterocycles. The van der Waals surface area contributed by atoms with Crippen LogP contribution in [0.2, 0.25) is 4.34 Å². The van der Waals surface area contributed by atoms with Crippen LogP contribution in [-0.2, 0) is 0 Å². The summed E-state index contributed by atoms with van der Waals surface area (Å²) in [7, 11) is 0. The molecule has 1 unspecified atom stereocenters. The predicted molar refractivity (Wildman–Crippen MR) is 76.3 cm³/mol. The lowest BCUT2D eigenvalue weighted by Crippen LogP contribution is -2.14. The maximum atomic E-state index is 13.3. The molecule has 2 rings (SSSR count). The molecule has 0 radical (unpaired) electrons. The Morgan fingerprint density at radius 2 is 2.16 bits per heavy atom.